The second-order valence-corrected chi connectivity index (χ2v) is 9.57. The van der Waals surface area contributed by atoms with E-state index in [1.54, 1.807) is 0 Å². The summed E-state index contributed by atoms with van der Waals surface area (Å²) in [5.41, 5.74) is 2.03. The van der Waals surface area contributed by atoms with Crippen LogP contribution in [0.1, 0.15) is 30.5 Å². The molecule has 2 aromatic rings. The Morgan fingerprint density at radius 3 is 1.96 bits per heavy atom. The number of hydrogen-bond acceptors (Lipinski definition) is 5. The zero-order valence-corrected chi connectivity index (χ0v) is 20.8. The van der Waals surface area contributed by atoms with Crippen LogP contribution in [0.5, 0.6) is 23.0 Å². The maximum Gasteiger partial charge on any atom is 0.174 e. The van der Waals surface area contributed by atoms with Crippen molar-refractivity contribution in [1.29, 1.82) is 0 Å². The SMILES string of the molecule is CC(C)COCc1cc(O)c(O)c(Br)c1Cc1c(Br)c(O)c(O)c(Br)c1Br. The Hall–Kier alpha value is -0.480. The number of halogens is 4. The van der Waals surface area contributed by atoms with Gasteiger partial charge in [-0.05, 0) is 92.4 Å². The third-order valence-corrected chi connectivity index (χ3v) is 7.73. The molecule has 4 N–H and O–H groups in total. The van der Waals surface area contributed by atoms with E-state index in [2.05, 4.69) is 63.7 Å². The molecule has 0 radical (unpaired) electrons. The molecular formula is C18H18Br4O5. The van der Waals surface area contributed by atoms with Crippen molar-refractivity contribution in [2.75, 3.05) is 6.61 Å². The van der Waals surface area contributed by atoms with Crippen LogP contribution in [0.3, 0.4) is 0 Å². The average Bonchev–Trinajstić information content (AvgIpc) is 2.61. The van der Waals surface area contributed by atoms with E-state index >= 15 is 0 Å². The lowest BCUT2D eigenvalue weighted by Gasteiger charge is -2.18. The number of ether oxygens (including phenoxy) is 1. The maximum atomic E-state index is 10.1. The van der Waals surface area contributed by atoms with Crippen molar-refractivity contribution in [2.24, 2.45) is 5.92 Å². The summed E-state index contributed by atoms with van der Waals surface area (Å²) >= 11 is 13.3. The van der Waals surface area contributed by atoms with Gasteiger partial charge in [0.15, 0.2) is 23.0 Å². The largest absolute Gasteiger partial charge is 0.504 e. The molecule has 0 bridgehead atoms. The average molecular weight is 634 g/mol. The summed E-state index contributed by atoms with van der Waals surface area (Å²) in [5, 5.41) is 40.2. The van der Waals surface area contributed by atoms with Gasteiger partial charge in [0.2, 0.25) is 0 Å². The number of rotatable bonds is 6. The van der Waals surface area contributed by atoms with Crippen LogP contribution in [0.2, 0.25) is 0 Å². The summed E-state index contributed by atoms with van der Waals surface area (Å²) in [7, 11) is 0. The van der Waals surface area contributed by atoms with Gasteiger partial charge < -0.3 is 25.2 Å². The summed E-state index contributed by atoms with van der Waals surface area (Å²) in [4.78, 5) is 0. The molecule has 0 fully saturated rings. The molecule has 0 saturated heterocycles. The summed E-state index contributed by atoms with van der Waals surface area (Å²) in [6.45, 7) is 4.88. The van der Waals surface area contributed by atoms with Gasteiger partial charge in [-0.2, -0.15) is 0 Å². The topological polar surface area (TPSA) is 90.2 Å². The van der Waals surface area contributed by atoms with Crippen molar-refractivity contribution in [3.05, 3.63) is 40.6 Å². The molecule has 27 heavy (non-hydrogen) atoms. The summed E-state index contributed by atoms with van der Waals surface area (Å²) < 4.78 is 7.23. The first-order valence-electron chi connectivity index (χ1n) is 7.93. The molecular weight excluding hydrogens is 616 g/mol. The Labute approximate surface area is 190 Å². The standard InChI is InChI=1S/C18H18Br4O5/c1-7(2)5-27-6-8-3-11(23)16(24)13(20)9(8)4-10-12(19)15(22)18(26)17(25)14(10)21/h3,7,23-26H,4-6H2,1-2H3. The van der Waals surface area contributed by atoms with E-state index in [4.69, 9.17) is 4.74 Å². The number of phenolic OH excluding ortho intramolecular Hbond substituents is 4. The molecule has 9 heteroatoms. The third-order valence-electron chi connectivity index (χ3n) is 3.84. The van der Waals surface area contributed by atoms with Gasteiger partial charge in [-0.1, -0.05) is 13.8 Å². The van der Waals surface area contributed by atoms with Crippen LogP contribution >= 0.6 is 63.7 Å². The molecule has 0 amide bonds. The Balaban J connectivity index is 2.54. The van der Waals surface area contributed by atoms with Crippen LogP contribution in [0.4, 0.5) is 0 Å². The van der Waals surface area contributed by atoms with E-state index in [1.807, 2.05) is 13.8 Å². The van der Waals surface area contributed by atoms with E-state index in [-0.39, 0.29) is 36.0 Å². The molecule has 0 saturated carbocycles. The van der Waals surface area contributed by atoms with E-state index in [9.17, 15) is 20.4 Å². The van der Waals surface area contributed by atoms with Gasteiger partial charge >= 0.3 is 0 Å². The number of hydrogen-bond donors (Lipinski definition) is 4. The molecule has 5 nitrogen and oxygen atoms in total. The van der Waals surface area contributed by atoms with Crippen molar-refractivity contribution in [1.82, 2.24) is 0 Å². The van der Waals surface area contributed by atoms with Crippen LogP contribution in [0, 0.1) is 5.92 Å². The molecule has 0 aliphatic heterocycles. The van der Waals surface area contributed by atoms with Crippen LogP contribution in [0.25, 0.3) is 0 Å². The first-order valence-corrected chi connectivity index (χ1v) is 11.1. The molecule has 0 spiro atoms. The van der Waals surface area contributed by atoms with E-state index in [1.165, 1.54) is 6.07 Å². The Morgan fingerprint density at radius 2 is 1.37 bits per heavy atom. The fourth-order valence-electron chi connectivity index (χ4n) is 2.46. The lowest BCUT2D eigenvalue weighted by molar-refractivity contribution is 0.0964. The first kappa shape index (κ1) is 22.8. The minimum absolute atomic E-state index is 0.248. The number of benzene rings is 2. The van der Waals surface area contributed by atoms with Gasteiger partial charge in [-0.3, -0.25) is 0 Å². The summed E-state index contributed by atoms with van der Waals surface area (Å²) in [5.74, 6) is -0.744. The predicted octanol–water partition coefficient (Wildman–Crippen LogP) is 6.32. The van der Waals surface area contributed by atoms with E-state index < -0.39 is 0 Å². The molecule has 2 aromatic carbocycles. The molecule has 148 valence electrons. The predicted molar refractivity (Wildman–Crippen MR) is 118 cm³/mol. The molecule has 0 aliphatic rings. The molecule has 0 unspecified atom stereocenters. The van der Waals surface area contributed by atoms with Crippen LogP contribution in [-0.4, -0.2) is 27.0 Å². The minimum Gasteiger partial charge on any atom is -0.504 e. The van der Waals surface area contributed by atoms with Crippen molar-refractivity contribution in [2.45, 2.75) is 26.9 Å². The number of aromatic hydroxyl groups is 4. The van der Waals surface area contributed by atoms with E-state index in [0.717, 1.165) is 0 Å². The Morgan fingerprint density at radius 1 is 0.815 bits per heavy atom. The molecule has 0 aromatic heterocycles. The monoisotopic (exact) mass is 630 g/mol. The number of phenols is 4. The van der Waals surface area contributed by atoms with Gasteiger partial charge in [-0.15, -0.1) is 0 Å². The minimum atomic E-state index is -0.295. The molecule has 0 heterocycles. The fourth-order valence-corrected chi connectivity index (χ4v) is 4.80. The van der Waals surface area contributed by atoms with Crippen molar-refractivity contribution in [3.63, 3.8) is 0 Å². The lowest BCUT2D eigenvalue weighted by Crippen LogP contribution is -2.06. The van der Waals surface area contributed by atoms with Crippen molar-refractivity contribution < 1.29 is 25.2 Å². The Bertz CT molecular complexity index is 839. The zero-order chi connectivity index (χ0) is 20.5. The lowest BCUT2D eigenvalue weighted by atomic mass is 9.98. The van der Waals surface area contributed by atoms with Crippen LogP contribution < -0.4 is 0 Å². The highest BCUT2D eigenvalue weighted by atomic mass is 79.9. The Kier molecular flexibility index (Phi) is 7.89. The zero-order valence-electron chi connectivity index (χ0n) is 14.5. The second kappa shape index (κ2) is 9.35. The van der Waals surface area contributed by atoms with Crippen molar-refractivity contribution in [3.8, 4) is 23.0 Å². The molecule has 0 atom stereocenters. The van der Waals surface area contributed by atoms with Gasteiger partial charge in [0.05, 0.1) is 20.0 Å². The van der Waals surface area contributed by atoms with Gasteiger partial charge in [0.1, 0.15) is 0 Å². The maximum absolute atomic E-state index is 10.1. The fraction of sp³-hybridized carbons (Fsp3) is 0.333. The van der Waals surface area contributed by atoms with Crippen LogP contribution in [0.15, 0.2) is 24.0 Å². The molecule has 2 rings (SSSR count). The highest BCUT2D eigenvalue weighted by molar-refractivity contribution is 9.13. The van der Waals surface area contributed by atoms with Crippen molar-refractivity contribution >= 4 is 63.7 Å². The second-order valence-electron chi connectivity index (χ2n) is 6.40. The smallest absolute Gasteiger partial charge is 0.174 e. The third kappa shape index (κ3) is 4.93. The van der Waals surface area contributed by atoms with Gasteiger partial charge in [0, 0.05) is 17.5 Å². The van der Waals surface area contributed by atoms with Crippen LogP contribution in [-0.2, 0) is 17.8 Å². The molecule has 0 aliphatic carbocycles. The normalized spacial score (nSPS) is 11.4. The highest BCUT2D eigenvalue weighted by Gasteiger charge is 2.23. The summed E-state index contributed by atoms with van der Waals surface area (Å²) in [6.07, 6.45) is 0.280. The van der Waals surface area contributed by atoms with Gasteiger partial charge in [-0.25, -0.2) is 0 Å². The highest BCUT2D eigenvalue weighted by Crippen LogP contribution is 2.49. The van der Waals surface area contributed by atoms with Gasteiger partial charge in [0.25, 0.3) is 0 Å². The first-order chi connectivity index (χ1) is 12.6. The summed E-state index contributed by atoms with van der Waals surface area (Å²) in [6, 6.07) is 1.47. The van der Waals surface area contributed by atoms with E-state index in [0.29, 0.717) is 47.1 Å². The quantitative estimate of drug-likeness (QED) is 0.221.